The molecule has 0 bridgehead atoms. The highest BCUT2D eigenvalue weighted by atomic mass is 15.3. The van der Waals surface area contributed by atoms with Crippen molar-refractivity contribution in [1.29, 1.82) is 0 Å². The molecule has 0 spiro atoms. The van der Waals surface area contributed by atoms with E-state index in [2.05, 4.69) is 45.4 Å². The van der Waals surface area contributed by atoms with Crippen molar-refractivity contribution in [3.8, 4) is 0 Å². The van der Waals surface area contributed by atoms with Crippen LogP contribution in [0.4, 0.5) is 0 Å². The predicted molar refractivity (Wildman–Crippen MR) is 81.3 cm³/mol. The number of unbranched alkanes of at least 4 members (excludes halogenated alkanes) is 1. The van der Waals surface area contributed by atoms with Crippen molar-refractivity contribution in [2.24, 2.45) is 0 Å². The summed E-state index contributed by atoms with van der Waals surface area (Å²) in [6.07, 6.45) is 2.61. The monoisotopic (exact) mass is 261 g/mol. The quantitative estimate of drug-likeness (QED) is 0.755. The van der Waals surface area contributed by atoms with Crippen LogP contribution in [0.25, 0.3) is 0 Å². The topological polar surface area (TPSA) is 18.5 Å². The van der Waals surface area contributed by atoms with Gasteiger partial charge in [0.15, 0.2) is 0 Å². The molecule has 1 fully saturated rings. The molecule has 3 heteroatoms. The van der Waals surface area contributed by atoms with E-state index in [0.29, 0.717) is 0 Å². The molecule has 1 aliphatic heterocycles. The van der Waals surface area contributed by atoms with Gasteiger partial charge >= 0.3 is 0 Å². The molecule has 0 radical (unpaired) electrons. The largest absolute Gasteiger partial charge is 0.320 e. The minimum Gasteiger partial charge on any atom is -0.320 e. The van der Waals surface area contributed by atoms with Crippen molar-refractivity contribution in [1.82, 2.24) is 15.1 Å². The molecule has 1 aromatic carbocycles. The van der Waals surface area contributed by atoms with E-state index in [1.54, 1.807) is 0 Å². The molecule has 106 valence electrons. The highest BCUT2D eigenvalue weighted by Crippen LogP contribution is 2.08. The van der Waals surface area contributed by atoms with E-state index in [1.165, 1.54) is 51.1 Å². The lowest BCUT2D eigenvalue weighted by atomic mass is 10.2. The van der Waals surface area contributed by atoms with Gasteiger partial charge in [0.25, 0.3) is 0 Å². The Balaban J connectivity index is 1.62. The first-order chi connectivity index (χ1) is 9.38. The molecule has 0 atom stereocenters. The summed E-state index contributed by atoms with van der Waals surface area (Å²) < 4.78 is 0. The second-order valence-electron chi connectivity index (χ2n) is 5.41. The zero-order valence-corrected chi connectivity index (χ0v) is 12.1. The predicted octanol–water partition coefficient (Wildman–Crippen LogP) is 1.80. The minimum atomic E-state index is 1.11. The molecule has 2 rings (SSSR count). The average Bonchev–Trinajstić information content (AvgIpc) is 2.46. The average molecular weight is 261 g/mol. The standard InChI is InChI=1S/C16H27N3/c1-17-9-5-6-10-18-11-13-19(14-12-18)15-16-7-3-2-4-8-16/h2-4,7-8,17H,5-6,9-15H2,1H3. The van der Waals surface area contributed by atoms with Crippen molar-refractivity contribution < 1.29 is 0 Å². The molecule has 1 saturated heterocycles. The fraction of sp³-hybridized carbons (Fsp3) is 0.625. The van der Waals surface area contributed by atoms with Crippen molar-refractivity contribution in [3.05, 3.63) is 35.9 Å². The molecule has 3 nitrogen and oxygen atoms in total. The second-order valence-corrected chi connectivity index (χ2v) is 5.41. The third kappa shape index (κ3) is 5.31. The van der Waals surface area contributed by atoms with Gasteiger partial charge in [0.1, 0.15) is 0 Å². The number of nitrogens with one attached hydrogen (secondary N) is 1. The van der Waals surface area contributed by atoms with Crippen LogP contribution in [0.1, 0.15) is 18.4 Å². The van der Waals surface area contributed by atoms with Crippen LogP contribution in [-0.4, -0.2) is 56.1 Å². The van der Waals surface area contributed by atoms with Gasteiger partial charge in [-0.2, -0.15) is 0 Å². The molecular weight excluding hydrogens is 234 g/mol. The molecule has 1 aliphatic rings. The Morgan fingerprint density at radius 3 is 2.32 bits per heavy atom. The Morgan fingerprint density at radius 2 is 1.63 bits per heavy atom. The number of hydrogen-bond donors (Lipinski definition) is 1. The van der Waals surface area contributed by atoms with Crippen molar-refractivity contribution in [2.75, 3.05) is 46.3 Å². The lowest BCUT2D eigenvalue weighted by Crippen LogP contribution is -2.46. The van der Waals surface area contributed by atoms with E-state index < -0.39 is 0 Å². The van der Waals surface area contributed by atoms with Gasteiger partial charge in [0.05, 0.1) is 0 Å². The Morgan fingerprint density at radius 1 is 0.947 bits per heavy atom. The Kier molecular flexibility index (Phi) is 6.34. The van der Waals surface area contributed by atoms with Crippen LogP contribution in [0.15, 0.2) is 30.3 Å². The highest BCUT2D eigenvalue weighted by molar-refractivity contribution is 5.14. The molecule has 1 aromatic rings. The van der Waals surface area contributed by atoms with Crippen LogP contribution in [0.3, 0.4) is 0 Å². The van der Waals surface area contributed by atoms with Crippen LogP contribution in [0.2, 0.25) is 0 Å². The zero-order chi connectivity index (χ0) is 13.3. The molecule has 1 N–H and O–H groups in total. The van der Waals surface area contributed by atoms with Gasteiger partial charge in [-0.15, -0.1) is 0 Å². The second kappa shape index (κ2) is 8.31. The molecule has 0 unspecified atom stereocenters. The third-order valence-electron chi connectivity index (χ3n) is 3.87. The normalized spacial score (nSPS) is 17.7. The zero-order valence-electron chi connectivity index (χ0n) is 12.1. The van der Waals surface area contributed by atoms with Gasteiger partial charge < -0.3 is 10.2 Å². The number of benzene rings is 1. The van der Waals surface area contributed by atoms with Crippen LogP contribution in [0.5, 0.6) is 0 Å². The summed E-state index contributed by atoms with van der Waals surface area (Å²) in [5, 5.41) is 3.21. The van der Waals surface area contributed by atoms with Crippen LogP contribution in [0, 0.1) is 0 Å². The summed E-state index contributed by atoms with van der Waals surface area (Å²) >= 11 is 0. The van der Waals surface area contributed by atoms with Gasteiger partial charge in [-0.05, 0) is 38.5 Å². The fourth-order valence-corrected chi connectivity index (χ4v) is 2.65. The minimum absolute atomic E-state index is 1.11. The molecule has 19 heavy (non-hydrogen) atoms. The molecular formula is C16H27N3. The summed E-state index contributed by atoms with van der Waals surface area (Å²) in [4.78, 5) is 5.18. The van der Waals surface area contributed by atoms with Crippen LogP contribution < -0.4 is 5.32 Å². The molecule has 0 amide bonds. The Bertz CT molecular complexity index is 331. The van der Waals surface area contributed by atoms with E-state index in [4.69, 9.17) is 0 Å². The van der Waals surface area contributed by atoms with Crippen molar-refractivity contribution >= 4 is 0 Å². The lowest BCUT2D eigenvalue weighted by molar-refractivity contribution is 0.125. The van der Waals surface area contributed by atoms with Gasteiger partial charge in [-0.1, -0.05) is 30.3 Å². The van der Waals surface area contributed by atoms with Crippen LogP contribution in [-0.2, 0) is 6.54 Å². The van der Waals surface area contributed by atoms with E-state index in [9.17, 15) is 0 Å². The molecule has 0 saturated carbocycles. The van der Waals surface area contributed by atoms with Crippen molar-refractivity contribution in [3.63, 3.8) is 0 Å². The number of hydrogen-bond acceptors (Lipinski definition) is 3. The van der Waals surface area contributed by atoms with Crippen LogP contribution >= 0.6 is 0 Å². The first kappa shape index (κ1) is 14.5. The van der Waals surface area contributed by atoms with E-state index in [-0.39, 0.29) is 0 Å². The first-order valence-corrected chi connectivity index (χ1v) is 7.52. The third-order valence-corrected chi connectivity index (χ3v) is 3.87. The smallest absolute Gasteiger partial charge is 0.0234 e. The fourth-order valence-electron chi connectivity index (χ4n) is 2.65. The molecule has 1 heterocycles. The van der Waals surface area contributed by atoms with Gasteiger partial charge in [-0.3, -0.25) is 4.90 Å². The number of nitrogens with zero attached hydrogens (tertiary/aromatic N) is 2. The van der Waals surface area contributed by atoms with Crippen molar-refractivity contribution in [2.45, 2.75) is 19.4 Å². The van der Waals surface area contributed by atoms with E-state index in [1.807, 2.05) is 7.05 Å². The van der Waals surface area contributed by atoms with E-state index >= 15 is 0 Å². The first-order valence-electron chi connectivity index (χ1n) is 7.52. The van der Waals surface area contributed by atoms with Gasteiger partial charge in [0, 0.05) is 32.7 Å². The maximum atomic E-state index is 3.21. The summed E-state index contributed by atoms with van der Waals surface area (Å²) in [7, 11) is 2.03. The summed E-state index contributed by atoms with van der Waals surface area (Å²) in [5.74, 6) is 0. The maximum Gasteiger partial charge on any atom is 0.0234 e. The van der Waals surface area contributed by atoms with Gasteiger partial charge in [0.2, 0.25) is 0 Å². The number of piperazine rings is 1. The SMILES string of the molecule is CNCCCCN1CCN(Cc2ccccc2)CC1. The maximum absolute atomic E-state index is 3.21. The molecule has 0 aliphatic carbocycles. The summed E-state index contributed by atoms with van der Waals surface area (Å²) in [6.45, 7) is 8.39. The van der Waals surface area contributed by atoms with E-state index in [0.717, 1.165) is 13.1 Å². The lowest BCUT2D eigenvalue weighted by Gasteiger charge is -2.34. The summed E-state index contributed by atoms with van der Waals surface area (Å²) in [5.41, 5.74) is 1.44. The number of rotatable bonds is 7. The Labute approximate surface area is 117 Å². The van der Waals surface area contributed by atoms with Gasteiger partial charge in [-0.25, -0.2) is 0 Å². The summed E-state index contributed by atoms with van der Waals surface area (Å²) in [6, 6.07) is 10.8. The highest BCUT2D eigenvalue weighted by Gasteiger charge is 2.16. The molecule has 0 aromatic heterocycles. The Hall–Kier alpha value is -0.900.